The van der Waals surface area contributed by atoms with Crippen LogP contribution in [0.1, 0.15) is 5.56 Å². The molecule has 158 valence electrons. The maximum absolute atomic E-state index is 13.0. The zero-order chi connectivity index (χ0) is 22.2. The number of hydrogen-bond donors (Lipinski definition) is 1. The van der Waals surface area contributed by atoms with E-state index in [2.05, 4.69) is 5.32 Å². The number of benzene rings is 4. The van der Waals surface area contributed by atoms with Crippen LogP contribution in [0.3, 0.4) is 0 Å². The summed E-state index contributed by atoms with van der Waals surface area (Å²) in [6.45, 7) is 0.293. The molecule has 4 rings (SSSR count). The first-order valence-electron chi connectivity index (χ1n) is 10.2. The third-order valence-corrected chi connectivity index (χ3v) is 4.78. The minimum Gasteiger partial charge on any atom is -0.457 e. The number of para-hydroxylation sites is 2. The normalized spacial score (nSPS) is 10.2. The van der Waals surface area contributed by atoms with E-state index in [0.29, 0.717) is 23.7 Å². The Morgan fingerprint density at radius 2 is 1.19 bits per heavy atom. The highest BCUT2D eigenvalue weighted by Crippen LogP contribution is 2.23. The summed E-state index contributed by atoms with van der Waals surface area (Å²) < 4.78 is 5.76. The SMILES string of the molecule is O=C(Nc1ccc(Oc2ccccc2)cc1)C(=O)N(Cc1ccccc1)c1ccccc1. The molecule has 0 heterocycles. The van der Waals surface area contributed by atoms with Crippen molar-refractivity contribution in [3.05, 3.63) is 121 Å². The summed E-state index contributed by atoms with van der Waals surface area (Å²) in [5, 5.41) is 2.68. The van der Waals surface area contributed by atoms with Crippen molar-refractivity contribution in [2.24, 2.45) is 0 Å². The van der Waals surface area contributed by atoms with Gasteiger partial charge in [0.2, 0.25) is 0 Å². The molecule has 5 heteroatoms. The summed E-state index contributed by atoms with van der Waals surface area (Å²) in [6, 6.07) is 35.0. The van der Waals surface area contributed by atoms with Crippen LogP contribution in [0.25, 0.3) is 0 Å². The Bertz CT molecular complexity index is 1160. The van der Waals surface area contributed by atoms with E-state index in [9.17, 15) is 9.59 Å². The molecule has 4 aromatic carbocycles. The van der Waals surface area contributed by atoms with Gasteiger partial charge in [-0.05, 0) is 54.1 Å². The van der Waals surface area contributed by atoms with E-state index in [4.69, 9.17) is 4.74 Å². The number of carbonyl (C=O) groups is 2. The second-order valence-corrected chi connectivity index (χ2v) is 7.11. The Balaban J connectivity index is 1.46. The molecule has 5 nitrogen and oxygen atoms in total. The van der Waals surface area contributed by atoms with Gasteiger partial charge in [-0.1, -0.05) is 66.7 Å². The molecule has 1 N–H and O–H groups in total. The van der Waals surface area contributed by atoms with Crippen molar-refractivity contribution in [2.75, 3.05) is 10.2 Å². The Hall–Kier alpha value is -4.38. The Morgan fingerprint density at radius 1 is 0.656 bits per heavy atom. The van der Waals surface area contributed by atoms with Crippen LogP contribution in [0.15, 0.2) is 115 Å². The van der Waals surface area contributed by atoms with Crippen molar-refractivity contribution < 1.29 is 14.3 Å². The number of hydrogen-bond acceptors (Lipinski definition) is 3. The number of rotatable bonds is 6. The van der Waals surface area contributed by atoms with Gasteiger partial charge in [-0.15, -0.1) is 0 Å². The van der Waals surface area contributed by atoms with E-state index >= 15 is 0 Å². The summed E-state index contributed by atoms with van der Waals surface area (Å²) in [6.07, 6.45) is 0. The molecule has 32 heavy (non-hydrogen) atoms. The monoisotopic (exact) mass is 422 g/mol. The molecule has 0 unspecified atom stereocenters. The second-order valence-electron chi connectivity index (χ2n) is 7.11. The summed E-state index contributed by atoms with van der Waals surface area (Å²) in [5.74, 6) is 0.0144. The van der Waals surface area contributed by atoms with Crippen LogP contribution in [-0.4, -0.2) is 11.8 Å². The van der Waals surface area contributed by atoms with Crippen LogP contribution in [0, 0.1) is 0 Å². The number of ether oxygens (including phenoxy) is 1. The summed E-state index contributed by atoms with van der Waals surface area (Å²) >= 11 is 0. The molecule has 0 aliphatic carbocycles. The first kappa shape index (κ1) is 20.9. The molecule has 0 aliphatic rings. The van der Waals surface area contributed by atoms with Crippen molar-refractivity contribution in [3.8, 4) is 11.5 Å². The summed E-state index contributed by atoms with van der Waals surface area (Å²) in [5.41, 5.74) is 2.10. The summed E-state index contributed by atoms with van der Waals surface area (Å²) in [4.78, 5) is 27.3. The fourth-order valence-electron chi connectivity index (χ4n) is 3.19. The highest BCUT2D eigenvalue weighted by Gasteiger charge is 2.23. The van der Waals surface area contributed by atoms with Gasteiger partial charge in [0.1, 0.15) is 11.5 Å². The molecule has 0 fully saturated rings. The fraction of sp³-hybridized carbons (Fsp3) is 0.0370. The number of nitrogens with zero attached hydrogens (tertiary/aromatic N) is 1. The minimum atomic E-state index is -0.707. The van der Waals surface area contributed by atoms with Crippen molar-refractivity contribution in [1.29, 1.82) is 0 Å². The fourth-order valence-corrected chi connectivity index (χ4v) is 3.19. The lowest BCUT2D eigenvalue weighted by molar-refractivity contribution is -0.134. The van der Waals surface area contributed by atoms with Crippen molar-refractivity contribution in [2.45, 2.75) is 6.54 Å². The van der Waals surface area contributed by atoms with Crippen molar-refractivity contribution >= 4 is 23.2 Å². The van der Waals surface area contributed by atoms with Gasteiger partial charge in [-0.25, -0.2) is 0 Å². The average molecular weight is 422 g/mol. The Kier molecular flexibility index (Phi) is 6.58. The molecule has 0 spiro atoms. The van der Waals surface area contributed by atoms with Crippen LogP contribution in [0.5, 0.6) is 11.5 Å². The van der Waals surface area contributed by atoms with Gasteiger partial charge >= 0.3 is 11.8 Å². The van der Waals surface area contributed by atoms with Crippen LogP contribution in [0.2, 0.25) is 0 Å². The highest BCUT2D eigenvalue weighted by atomic mass is 16.5. The van der Waals surface area contributed by atoms with E-state index < -0.39 is 11.8 Å². The second kappa shape index (κ2) is 10.1. The molecule has 0 bridgehead atoms. The van der Waals surface area contributed by atoms with E-state index in [1.54, 1.807) is 24.3 Å². The van der Waals surface area contributed by atoms with E-state index in [-0.39, 0.29) is 0 Å². The van der Waals surface area contributed by atoms with Gasteiger partial charge < -0.3 is 10.1 Å². The average Bonchev–Trinajstić information content (AvgIpc) is 2.85. The van der Waals surface area contributed by atoms with Crippen molar-refractivity contribution in [3.63, 3.8) is 0 Å². The van der Waals surface area contributed by atoms with Gasteiger partial charge in [0.15, 0.2) is 0 Å². The van der Waals surface area contributed by atoms with Gasteiger partial charge in [-0.3, -0.25) is 14.5 Å². The Morgan fingerprint density at radius 3 is 1.81 bits per heavy atom. The molecule has 2 amide bonds. The number of nitrogens with one attached hydrogen (secondary N) is 1. The van der Waals surface area contributed by atoms with Gasteiger partial charge in [0.25, 0.3) is 0 Å². The van der Waals surface area contributed by atoms with Crippen LogP contribution in [0.4, 0.5) is 11.4 Å². The van der Waals surface area contributed by atoms with Crippen LogP contribution in [-0.2, 0) is 16.1 Å². The smallest absolute Gasteiger partial charge is 0.316 e. The zero-order valence-electron chi connectivity index (χ0n) is 17.3. The molecular weight excluding hydrogens is 400 g/mol. The lowest BCUT2D eigenvalue weighted by Crippen LogP contribution is -2.39. The van der Waals surface area contributed by atoms with E-state index in [1.807, 2.05) is 91.0 Å². The molecule has 0 atom stereocenters. The van der Waals surface area contributed by atoms with Gasteiger partial charge in [0, 0.05) is 11.4 Å². The lowest BCUT2D eigenvalue weighted by Gasteiger charge is -2.22. The van der Waals surface area contributed by atoms with Crippen LogP contribution < -0.4 is 15.0 Å². The molecule has 0 aromatic heterocycles. The predicted molar refractivity (Wildman–Crippen MR) is 126 cm³/mol. The molecule has 0 saturated heterocycles. The third-order valence-electron chi connectivity index (χ3n) is 4.78. The Labute approximate surface area is 186 Å². The third kappa shape index (κ3) is 5.40. The number of amides is 2. The zero-order valence-corrected chi connectivity index (χ0v) is 17.3. The molecule has 4 aromatic rings. The van der Waals surface area contributed by atoms with E-state index in [1.165, 1.54) is 4.90 Å². The first-order valence-corrected chi connectivity index (χ1v) is 10.2. The topological polar surface area (TPSA) is 58.6 Å². The van der Waals surface area contributed by atoms with Gasteiger partial charge in [-0.2, -0.15) is 0 Å². The predicted octanol–water partition coefficient (Wildman–Crippen LogP) is 5.65. The molecule has 0 radical (unpaired) electrons. The largest absolute Gasteiger partial charge is 0.457 e. The van der Waals surface area contributed by atoms with E-state index in [0.717, 1.165) is 11.3 Å². The first-order chi connectivity index (χ1) is 15.7. The van der Waals surface area contributed by atoms with Crippen molar-refractivity contribution in [1.82, 2.24) is 0 Å². The number of anilines is 2. The summed E-state index contributed by atoms with van der Waals surface area (Å²) in [7, 11) is 0. The maximum Gasteiger partial charge on any atom is 0.316 e. The number of carbonyl (C=O) groups excluding carboxylic acids is 2. The highest BCUT2D eigenvalue weighted by molar-refractivity contribution is 6.44. The van der Waals surface area contributed by atoms with Gasteiger partial charge in [0.05, 0.1) is 6.54 Å². The minimum absolute atomic E-state index is 0.293. The quantitative estimate of drug-likeness (QED) is 0.409. The molecule has 0 saturated carbocycles. The lowest BCUT2D eigenvalue weighted by atomic mass is 10.2. The molecule has 0 aliphatic heterocycles. The standard InChI is InChI=1S/C27H22N2O3/c30-26(28-22-16-18-25(19-17-22)32-24-14-8-3-9-15-24)27(31)29(23-12-6-2-7-13-23)20-21-10-4-1-5-11-21/h1-19H,20H2,(H,28,30). The van der Waals surface area contributed by atoms with Crippen LogP contribution >= 0.6 is 0 Å². The molecular formula is C27H22N2O3. The maximum atomic E-state index is 13.0.